The average molecular weight is 377 g/mol. The third-order valence-electron chi connectivity index (χ3n) is 3.54. The highest BCUT2D eigenvalue weighted by atomic mass is 79.9. The first-order valence-corrected chi connectivity index (χ1v) is 8.12. The van der Waals surface area contributed by atoms with Crippen LogP contribution in [0.4, 0.5) is 4.79 Å². The molecule has 6 nitrogen and oxygen atoms in total. The van der Waals surface area contributed by atoms with Crippen molar-refractivity contribution in [3.8, 4) is 0 Å². The first-order chi connectivity index (χ1) is 9.91. The van der Waals surface area contributed by atoms with Gasteiger partial charge in [0.25, 0.3) is 0 Å². The molecule has 1 aromatic heterocycles. The smallest absolute Gasteiger partial charge is 0.315 e. The molecule has 3 N–H and O–H groups in total. The van der Waals surface area contributed by atoms with Gasteiger partial charge in [-0.15, -0.1) is 11.3 Å². The number of amides is 2. The summed E-state index contributed by atoms with van der Waals surface area (Å²) in [5.74, 6) is -0.964. The SMILES string of the molecule is CC1(C(=O)O)COCC1NC(=O)NCCc1ccc(Br)s1. The van der Waals surface area contributed by atoms with Crippen LogP contribution in [0.25, 0.3) is 0 Å². The van der Waals surface area contributed by atoms with Crippen molar-refractivity contribution in [1.29, 1.82) is 0 Å². The van der Waals surface area contributed by atoms with Gasteiger partial charge in [0.1, 0.15) is 5.41 Å². The Hall–Kier alpha value is -1.12. The van der Waals surface area contributed by atoms with Crippen LogP contribution in [-0.4, -0.2) is 42.9 Å². The summed E-state index contributed by atoms with van der Waals surface area (Å²) >= 11 is 5.01. The molecule has 0 spiro atoms. The van der Waals surface area contributed by atoms with Crippen LogP contribution >= 0.6 is 27.3 Å². The highest BCUT2D eigenvalue weighted by Gasteiger charge is 2.47. The molecule has 0 saturated carbocycles. The van der Waals surface area contributed by atoms with E-state index in [-0.39, 0.29) is 19.2 Å². The zero-order chi connectivity index (χ0) is 15.5. The van der Waals surface area contributed by atoms with Gasteiger partial charge >= 0.3 is 12.0 Å². The molecule has 2 rings (SSSR count). The molecule has 1 fully saturated rings. The number of carbonyl (C=O) groups is 2. The lowest BCUT2D eigenvalue weighted by Gasteiger charge is -2.25. The highest BCUT2D eigenvalue weighted by molar-refractivity contribution is 9.11. The van der Waals surface area contributed by atoms with Gasteiger partial charge in [0.2, 0.25) is 0 Å². The van der Waals surface area contributed by atoms with Gasteiger partial charge < -0.3 is 20.5 Å². The van der Waals surface area contributed by atoms with E-state index < -0.39 is 17.4 Å². The summed E-state index contributed by atoms with van der Waals surface area (Å²) in [5.41, 5.74) is -1.07. The number of hydrogen-bond acceptors (Lipinski definition) is 4. The number of aliphatic carboxylic acids is 1. The summed E-state index contributed by atoms with van der Waals surface area (Å²) in [7, 11) is 0. The molecule has 1 aliphatic heterocycles. The zero-order valence-electron chi connectivity index (χ0n) is 11.5. The van der Waals surface area contributed by atoms with E-state index in [2.05, 4.69) is 26.6 Å². The van der Waals surface area contributed by atoms with Crippen LogP contribution in [0.5, 0.6) is 0 Å². The lowest BCUT2D eigenvalue weighted by Crippen LogP contribution is -2.52. The van der Waals surface area contributed by atoms with E-state index in [1.807, 2.05) is 12.1 Å². The predicted molar refractivity (Wildman–Crippen MR) is 82.6 cm³/mol. The van der Waals surface area contributed by atoms with E-state index in [9.17, 15) is 14.7 Å². The maximum absolute atomic E-state index is 11.8. The number of rotatable bonds is 5. The molecule has 2 atom stereocenters. The molecule has 8 heteroatoms. The summed E-state index contributed by atoms with van der Waals surface area (Å²) in [6, 6.07) is 3.08. The molecule has 2 amide bonds. The van der Waals surface area contributed by atoms with Crippen molar-refractivity contribution in [2.45, 2.75) is 19.4 Å². The van der Waals surface area contributed by atoms with E-state index in [0.717, 1.165) is 10.2 Å². The van der Waals surface area contributed by atoms with E-state index in [0.29, 0.717) is 6.54 Å². The number of nitrogens with one attached hydrogen (secondary N) is 2. The molecular formula is C13H17BrN2O4S. The summed E-state index contributed by atoms with van der Waals surface area (Å²) in [6.45, 7) is 2.40. The molecule has 0 radical (unpaired) electrons. The van der Waals surface area contributed by atoms with Gasteiger partial charge in [-0.25, -0.2) is 4.79 Å². The summed E-state index contributed by atoms with van der Waals surface area (Å²) in [6.07, 6.45) is 0.737. The molecule has 0 aliphatic carbocycles. The molecule has 0 bridgehead atoms. The minimum atomic E-state index is -1.07. The van der Waals surface area contributed by atoms with E-state index in [1.165, 1.54) is 4.88 Å². The van der Waals surface area contributed by atoms with Crippen molar-refractivity contribution in [1.82, 2.24) is 10.6 Å². The number of carboxylic acid groups (broad SMARTS) is 1. The lowest BCUT2D eigenvalue weighted by atomic mass is 9.85. The average Bonchev–Trinajstić information content (AvgIpc) is 2.98. The number of carboxylic acids is 1. The van der Waals surface area contributed by atoms with E-state index in [1.54, 1.807) is 18.3 Å². The van der Waals surface area contributed by atoms with Crippen molar-refractivity contribution >= 4 is 39.3 Å². The summed E-state index contributed by atoms with van der Waals surface area (Å²) in [5, 5.41) is 14.6. The van der Waals surface area contributed by atoms with Crippen molar-refractivity contribution in [2.75, 3.05) is 19.8 Å². The quantitative estimate of drug-likeness (QED) is 0.731. The van der Waals surface area contributed by atoms with Crippen molar-refractivity contribution in [3.63, 3.8) is 0 Å². The molecule has 0 aromatic carbocycles. The third kappa shape index (κ3) is 3.96. The fraction of sp³-hybridized carbons (Fsp3) is 0.538. The second-order valence-electron chi connectivity index (χ2n) is 5.15. The van der Waals surface area contributed by atoms with Gasteiger partial charge in [0.15, 0.2) is 0 Å². The Morgan fingerprint density at radius 2 is 2.33 bits per heavy atom. The minimum Gasteiger partial charge on any atom is -0.481 e. The maximum atomic E-state index is 11.8. The zero-order valence-corrected chi connectivity index (χ0v) is 13.9. The third-order valence-corrected chi connectivity index (χ3v) is 5.22. The molecule has 1 aromatic rings. The van der Waals surface area contributed by atoms with E-state index in [4.69, 9.17) is 4.74 Å². The van der Waals surface area contributed by atoms with Gasteiger partial charge in [0, 0.05) is 11.4 Å². The predicted octanol–water partition coefficient (Wildman–Crippen LogP) is 1.84. The molecule has 2 unspecified atom stereocenters. The Morgan fingerprint density at radius 3 is 2.95 bits per heavy atom. The Balaban J connectivity index is 1.78. The molecular weight excluding hydrogens is 360 g/mol. The van der Waals surface area contributed by atoms with Gasteiger partial charge in [-0.1, -0.05) is 0 Å². The summed E-state index contributed by atoms with van der Waals surface area (Å²) in [4.78, 5) is 24.3. The topological polar surface area (TPSA) is 87.7 Å². The number of halogens is 1. The van der Waals surface area contributed by atoms with Crippen LogP contribution in [-0.2, 0) is 16.0 Å². The molecule has 1 saturated heterocycles. The largest absolute Gasteiger partial charge is 0.481 e. The van der Waals surface area contributed by atoms with Crippen LogP contribution in [0.2, 0.25) is 0 Å². The maximum Gasteiger partial charge on any atom is 0.315 e. The van der Waals surface area contributed by atoms with Gasteiger partial charge in [-0.05, 0) is 41.4 Å². The van der Waals surface area contributed by atoms with Crippen LogP contribution in [0.3, 0.4) is 0 Å². The Morgan fingerprint density at radius 1 is 1.57 bits per heavy atom. The van der Waals surface area contributed by atoms with Crippen LogP contribution in [0, 0.1) is 5.41 Å². The number of carbonyl (C=O) groups excluding carboxylic acids is 1. The highest BCUT2D eigenvalue weighted by Crippen LogP contribution is 2.28. The normalized spacial score (nSPS) is 24.8. The van der Waals surface area contributed by atoms with Gasteiger partial charge in [-0.2, -0.15) is 0 Å². The Bertz CT molecular complexity index is 536. The minimum absolute atomic E-state index is 0.108. The first kappa shape index (κ1) is 16.3. The second kappa shape index (κ2) is 6.76. The van der Waals surface area contributed by atoms with Gasteiger partial charge in [-0.3, -0.25) is 4.79 Å². The molecule has 21 heavy (non-hydrogen) atoms. The number of hydrogen-bond donors (Lipinski definition) is 3. The molecule has 2 heterocycles. The van der Waals surface area contributed by atoms with Crippen LogP contribution in [0.15, 0.2) is 15.9 Å². The standard InChI is InChI=1S/C13H17BrN2O4S/c1-13(11(17)18)7-20-6-9(13)16-12(19)15-5-4-8-2-3-10(14)21-8/h2-3,9H,4-7H2,1H3,(H,17,18)(H2,15,16,19). The number of thiophene rings is 1. The Labute approximate surface area is 135 Å². The summed E-state index contributed by atoms with van der Waals surface area (Å²) < 4.78 is 6.24. The fourth-order valence-electron chi connectivity index (χ4n) is 2.08. The first-order valence-electron chi connectivity index (χ1n) is 6.51. The van der Waals surface area contributed by atoms with Crippen molar-refractivity contribution in [3.05, 3.63) is 20.8 Å². The molecule has 116 valence electrons. The van der Waals surface area contributed by atoms with E-state index >= 15 is 0 Å². The van der Waals surface area contributed by atoms with Crippen molar-refractivity contribution < 1.29 is 19.4 Å². The number of urea groups is 1. The monoisotopic (exact) mass is 376 g/mol. The van der Waals surface area contributed by atoms with Gasteiger partial charge in [0.05, 0.1) is 23.0 Å². The van der Waals surface area contributed by atoms with Crippen LogP contribution < -0.4 is 10.6 Å². The van der Waals surface area contributed by atoms with Crippen LogP contribution in [0.1, 0.15) is 11.8 Å². The number of ether oxygens (including phenoxy) is 1. The van der Waals surface area contributed by atoms with Crippen molar-refractivity contribution in [2.24, 2.45) is 5.41 Å². The fourth-order valence-corrected chi connectivity index (χ4v) is 3.56. The second-order valence-corrected chi connectivity index (χ2v) is 7.69. The molecule has 1 aliphatic rings. The lowest BCUT2D eigenvalue weighted by molar-refractivity contribution is -0.148. The Kier molecular flexibility index (Phi) is 5.23.